The summed E-state index contributed by atoms with van der Waals surface area (Å²) in [7, 11) is 0. The van der Waals surface area contributed by atoms with Gasteiger partial charge in [-0.3, -0.25) is 15.1 Å². The standard InChI is InChI=1S/C24H29N5O3/c1-17(27-24-28-20-6-2-3-7-21(20)32-24)16-18-9-11-19(12-10-18)31-15-4-8-22(30)29-23-25-13-5-14-26-23/h2-3,6-7,9-12,17H,4-5,8,13-16H2,1H3,(H,27,28)(H2,25,26,29,30). The quantitative estimate of drug-likeness (QED) is 0.445. The molecule has 32 heavy (non-hydrogen) atoms. The molecule has 1 aliphatic heterocycles. The van der Waals surface area contributed by atoms with E-state index in [1.165, 1.54) is 5.56 Å². The van der Waals surface area contributed by atoms with E-state index in [4.69, 9.17) is 9.15 Å². The number of rotatable bonds is 9. The van der Waals surface area contributed by atoms with E-state index in [1.807, 2.05) is 36.4 Å². The highest BCUT2D eigenvalue weighted by molar-refractivity contribution is 5.97. The number of carbonyl (C=O) groups is 1. The Balaban J connectivity index is 1.16. The van der Waals surface area contributed by atoms with Gasteiger partial charge in [-0.2, -0.15) is 4.98 Å². The molecule has 0 fully saturated rings. The largest absolute Gasteiger partial charge is 0.494 e. The molecule has 4 rings (SSSR count). The average molecular weight is 436 g/mol. The zero-order valence-corrected chi connectivity index (χ0v) is 18.3. The molecular formula is C24H29N5O3. The van der Waals surface area contributed by atoms with Crippen LogP contribution in [0.3, 0.4) is 0 Å². The van der Waals surface area contributed by atoms with Crippen molar-refractivity contribution in [1.82, 2.24) is 15.6 Å². The van der Waals surface area contributed by atoms with E-state index in [2.05, 4.69) is 45.0 Å². The predicted molar refractivity (Wildman–Crippen MR) is 125 cm³/mol. The molecule has 1 aliphatic rings. The fraction of sp³-hybridized carbons (Fsp3) is 0.375. The van der Waals surface area contributed by atoms with E-state index >= 15 is 0 Å². The summed E-state index contributed by atoms with van der Waals surface area (Å²) in [4.78, 5) is 20.6. The summed E-state index contributed by atoms with van der Waals surface area (Å²) in [5.74, 6) is 1.34. The third kappa shape index (κ3) is 6.23. The molecule has 2 aromatic carbocycles. The zero-order valence-electron chi connectivity index (χ0n) is 18.3. The van der Waals surface area contributed by atoms with Gasteiger partial charge < -0.3 is 19.8 Å². The Kier molecular flexibility index (Phi) is 7.22. The Morgan fingerprint density at radius 2 is 2.06 bits per heavy atom. The van der Waals surface area contributed by atoms with E-state index in [1.54, 1.807) is 0 Å². The SMILES string of the molecule is CC(Cc1ccc(OCCCC(=O)NC2=NCCCN2)cc1)Nc1nc2ccccc2o1. The van der Waals surface area contributed by atoms with Gasteiger partial charge in [0.2, 0.25) is 5.91 Å². The number of oxazole rings is 1. The lowest BCUT2D eigenvalue weighted by atomic mass is 10.1. The van der Waals surface area contributed by atoms with Crippen LogP contribution in [0.15, 0.2) is 57.9 Å². The minimum atomic E-state index is -0.0440. The van der Waals surface area contributed by atoms with Crippen molar-refractivity contribution in [2.24, 2.45) is 4.99 Å². The molecule has 0 saturated heterocycles. The van der Waals surface area contributed by atoms with Gasteiger partial charge >= 0.3 is 0 Å². The number of fused-ring (bicyclic) bond motifs is 1. The number of carbonyl (C=O) groups excluding carboxylic acids is 1. The topological polar surface area (TPSA) is 101 Å². The first-order valence-corrected chi connectivity index (χ1v) is 11.1. The molecule has 2 heterocycles. The molecule has 1 unspecified atom stereocenters. The van der Waals surface area contributed by atoms with E-state index in [-0.39, 0.29) is 11.9 Å². The highest BCUT2D eigenvalue weighted by Crippen LogP contribution is 2.20. The smallest absolute Gasteiger partial charge is 0.295 e. The molecule has 0 spiro atoms. The lowest BCUT2D eigenvalue weighted by Gasteiger charge is -2.15. The van der Waals surface area contributed by atoms with Gasteiger partial charge in [0.05, 0.1) is 6.61 Å². The first-order valence-electron chi connectivity index (χ1n) is 11.1. The number of guanidine groups is 1. The number of hydrogen-bond acceptors (Lipinski definition) is 7. The van der Waals surface area contributed by atoms with Crippen molar-refractivity contribution in [1.29, 1.82) is 0 Å². The summed E-state index contributed by atoms with van der Waals surface area (Å²) in [6, 6.07) is 16.5. The van der Waals surface area contributed by atoms with Crippen molar-refractivity contribution in [3.05, 3.63) is 54.1 Å². The first-order chi connectivity index (χ1) is 15.7. The van der Waals surface area contributed by atoms with Gasteiger partial charge in [0.15, 0.2) is 11.5 Å². The van der Waals surface area contributed by atoms with Crippen LogP contribution in [0.1, 0.15) is 31.7 Å². The molecule has 3 aromatic rings. The number of amides is 1. The summed E-state index contributed by atoms with van der Waals surface area (Å²) >= 11 is 0. The summed E-state index contributed by atoms with van der Waals surface area (Å²) in [6.45, 7) is 4.19. The van der Waals surface area contributed by atoms with Crippen LogP contribution in [0, 0.1) is 0 Å². The maximum atomic E-state index is 11.9. The van der Waals surface area contributed by atoms with Crippen molar-refractivity contribution in [2.75, 3.05) is 25.0 Å². The lowest BCUT2D eigenvalue weighted by molar-refractivity contribution is -0.119. The van der Waals surface area contributed by atoms with Crippen molar-refractivity contribution in [3.63, 3.8) is 0 Å². The Hall–Kier alpha value is -3.55. The van der Waals surface area contributed by atoms with Crippen molar-refractivity contribution in [2.45, 2.75) is 38.6 Å². The van der Waals surface area contributed by atoms with Gasteiger partial charge in [-0.1, -0.05) is 24.3 Å². The van der Waals surface area contributed by atoms with Crippen LogP contribution >= 0.6 is 0 Å². The molecule has 0 bridgehead atoms. The Labute approximate surface area is 187 Å². The highest BCUT2D eigenvalue weighted by atomic mass is 16.5. The molecule has 168 valence electrons. The molecule has 1 atom stereocenters. The number of nitrogens with zero attached hydrogens (tertiary/aromatic N) is 2. The lowest BCUT2D eigenvalue weighted by Crippen LogP contribution is -2.43. The van der Waals surface area contributed by atoms with Gasteiger partial charge in [0.1, 0.15) is 11.3 Å². The number of ether oxygens (including phenoxy) is 1. The monoisotopic (exact) mass is 435 g/mol. The Morgan fingerprint density at radius 3 is 2.84 bits per heavy atom. The molecule has 0 saturated carbocycles. The molecule has 8 nitrogen and oxygen atoms in total. The maximum Gasteiger partial charge on any atom is 0.295 e. The summed E-state index contributed by atoms with van der Waals surface area (Å²) in [5.41, 5.74) is 2.81. The molecule has 0 aliphatic carbocycles. The molecule has 8 heteroatoms. The van der Waals surface area contributed by atoms with Crippen LogP contribution in [0.5, 0.6) is 5.75 Å². The second-order valence-electron chi connectivity index (χ2n) is 7.89. The Bertz CT molecular complexity index is 1030. The second-order valence-corrected chi connectivity index (χ2v) is 7.89. The van der Waals surface area contributed by atoms with Crippen LogP contribution in [0.25, 0.3) is 11.1 Å². The summed E-state index contributed by atoms with van der Waals surface area (Å²) in [5, 5.41) is 9.19. The van der Waals surface area contributed by atoms with Crippen molar-refractivity contribution < 1.29 is 13.9 Å². The van der Waals surface area contributed by atoms with Crippen LogP contribution in [0.2, 0.25) is 0 Å². The van der Waals surface area contributed by atoms with E-state index < -0.39 is 0 Å². The summed E-state index contributed by atoms with van der Waals surface area (Å²) < 4.78 is 11.5. The Morgan fingerprint density at radius 1 is 1.22 bits per heavy atom. The van der Waals surface area contributed by atoms with E-state index in [9.17, 15) is 4.79 Å². The fourth-order valence-electron chi connectivity index (χ4n) is 3.50. The zero-order chi connectivity index (χ0) is 22.2. The average Bonchev–Trinajstić information content (AvgIpc) is 3.20. The van der Waals surface area contributed by atoms with Crippen LogP contribution in [-0.4, -0.2) is 42.6 Å². The summed E-state index contributed by atoms with van der Waals surface area (Å²) in [6.07, 6.45) is 2.88. The van der Waals surface area contributed by atoms with Crippen molar-refractivity contribution >= 4 is 29.0 Å². The minimum absolute atomic E-state index is 0.0440. The third-order valence-electron chi connectivity index (χ3n) is 5.10. The third-order valence-corrected chi connectivity index (χ3v) is 5.10. The fourth-order valence-corrected chi connectivity index (χ4v) is 3.50. The van der Waals surface area contributed by atoms with Gasteiger partial charge in [-0.15, -0.1) is 0 Å². The number of aliphatic imine (C=N–C) groups is 1. The predicted octanol–water partition coefficient (Wildman–Crippen LogP) is 3.50. The number of nitrogens with one attached hydrogen (secondary N) is 3. The number of para-hydroxylation sites is 2. The minimum Gasteiger partial charge on any atom is -0.494 e. The molecule has 3 N–H and O–H groups in total. The van der Waals surface area contributed by atoms with Crippen LogP contribution < -0.4 is 20.7 Å². The molecule has 1 aromatic heterocycles. The number of aromatic nitrogens is 1. The van der Waals surface area contributed by atoms with Crippen LogP contribution in [-0.2, 0) is 11.2 Å². The van der Waals surface area contributed by atoms with Crippen LogP contribution in [0.4, 0.5) is 6.01 Å². The second kappa shape index (κ2) is 10.7. The highest BCUT2D eigenvalue weighted by Gasteiger charge is 2.10. The van der Waals surface area contributed by atoms with Gasteiger partial charge in [-0.05, 0) is 56.0 Å². The van der Waals surface area contributed by atoms with E-state index in [0.717, 1.165) is 42.8 Å². The number of anilines is 1. The van der Waals surface area contributed by atoms with Gasteiger partial charge in [-0.25, -0.2) is 0 Å². The van der Waals surface area contributed by atoms with Gasteiger partial charge in [0, 0.05) is 25.6 Å². The first kappa shape index (κ1) is 21.7. The number of hydrogen-bond donors (Lipinski definition) is 3. The van der Waals surface area contributed by atoms with E-state index in [0.29, 0.717) is 31.4 Å². The van der Waals surface area contributed by atoms with Gasteiger partial charge in [0.25, 0.3) is 6.01 Å². The normalized spacial score (nSPS) is 14.3. The number of benzene rings is 2. The molecular weight excluding hydrogens is 406 g/mol. The molecule has 1 amide bonds. The maximum absolute atomic E-state index is 11.9. The van der Waals surface area contributed by atoms with Crippen molar-refractivity contribution in [3.8, 4) is 5.75 Å². The molecule has 0 radical (unpaired) electrons.